The van der Waals surface area contributed by atoms with E-state index in [4.69, 9.17) is 18.9 Å². The second-order valence-electron chi connectivity index (χ2n) is 11.4. The summed E-state index contributed by atoms with van der Waals surface area (Å²) in [5, 5.41) is 0. The van der Waals surface area contributed by atoms with Crippen LogP contribution in [0.2, 0.25) is 0 Å². The Labute approximate surface area is 261 Å². The van der Waals surface area contributed by atoms with E-state index in [9.17, 15) is 19.2 Å². The lowest BCUT2D eigenvalue weighted by Gasteiger charge is -2.23. The third-order valence-corrected chi connectivity index (χ3v) is 7.85. The fourth-order valence-electron chi connectivity index (χ4n) is 5.25. The Morgan fingerprint density at radius 1 is 0.523 bits per heavy atom. The zero-order valence-corrected chi connectivity index (χ0v) is 26.4. The van der Waals surface area contributed by atoms with E-state index in [1.807, 2.05) is 13.8 Å². The Morgan fingerprint density at radius 2 is 0.841 bits per heavy atom. The Hall–Kier alpha value is -3.68. The van der Waals surface area contributed by atoms with Crippen molar-refractivity contribution in [3.8, 4) is 0 Å². The van der Waals surface area contributed by atoms with E-state index in [2.05, 4.69) is 0 Å². The third-order valence-electron chi connectivity index (χ3n) is 7.85. The molecule has 0 bridgehead atoms. The topological polar surface area (TPSA) is 105 Å². The molecule has 8 heteroatoms. The number of ether oxygens (including phenoxy) is 4. The molecule has 0 amide bonds. The van der Waals surface area contributed by atoms with Gasteiger partial charge in [-0.15, -0.1) is 0 Å². The van der Waals surface area contributed by atoms with Crippen molar-refractivity contribution in [2.45, 2.75) is 116 Å². The van der Waals surface area contributed by atoms with Crippen molar-refractivity contribution in [1.29, 1.82) is 0 Å². The number of rotatable bonds is 12. The predicted octanol–water partition coefficient (Wildman–Crippen LogP) is 8.27. The molecular formula is C36H48O8. The molecule has 0 saturated heterocycles. The van der Waals surface area contributed by atoms with Gasteiger partial charge < -0.3 is 18.9 Å². The van der Waals surface area contributed by atoms with Crippen molar-refractivity contribution in [3.05, 3.63) is 70.8 Å². The third kappa shape index (κ3) is 11.4. The minimum Gasteiger partial charge on any atom is -0.462 e. The maximum atomic E-state index is 12.5. The van der Waals surface area contributed by atoms with Crippen molar-refractivity contribution in [1.82, 2.24) is 0 Å². The Kier molecular flexibility index (Phi) is 15.5. The standard InChI is InChI=1S/C20H26O4.C16H22O4/c21-19(23-15-9-3-1-4-10-15)17-13-7-8-14-18(17)20(22)24-16-11-5-2-6-12-16;1-3-5-11-19-15(17)13-9-7-8-10-14(13)16(18)20-12-6-4-2/h7-8,13-16H,1-6,9-12H2;7-10H,3-6,11-12H2,1-2H3. The lowest BCUT2D eigenvalue weighted by atomic mass is 9.97. The number of unbranched alkanes of at least 4 members (excludes halogenated alkanes) is 2. The molecule has 2 aliphatic carbocycles. The first-order chi connectivity index (χ1) is 21.4. The van der Waals surface area contributed by atoms with Gasteiger partial charge in [0.15, 0.2) is 0 Å². The average molecular weight is 609 g/mol. The van der Waals surface area contributed by atoms with Crippen LogP contribution in [-0.2, 0) is 18.9 Å². The van der Waals surface area contributed by atoms with Crippen LogP contribution in [0.25, 0.3) is 0 Å². The summed E-state index contributed by atoms with van der Waals surface area (Å²) in [6.45, 7) is 4.78. The molecule has 0 radical (unpaired) electrons. The van der Waals surface area contributed by atoms with Crippen LogP contribution in [-0.4, -0.2) is 49.3 Å². The highest BCUT2D eigenvalue weighted by molar-refractivity contribution is 6.03. The molecule has 0 spiro atoms. The Bertz CT molecular complexity index is 1100. The Morgan fingerprint density at radius 3 is 1.16 bits per heavy atom. The summed E-state index contributed by atoms with van der Waals surface area (Å²) in [5.74, 6) is -1.75. The number of carbonyl (C=O) groups is 4. The van der Waals surface area contributed by atoms with Gasteiger partial charge in [-0.2, -0.15) is 0 Å². The van der Waals surface area contributed by atoms with E-state index >= 15 is 0 Å². The molecule has 2 aromatic rings. The zero-order chi connectivity index (χ0) is 31.6. The first-order valence-corrected chi connectivity index (χ1v) is 16.4. The first kappa shape index (κ1) is 34.8. The van der Waals surface area contributed by atoms with E-state index < -0.39 is 23.9 Å². The van der Waals surface area contributed by atoms with Gasteiger partial charge in [-0.3, -0.25) is 0 Å². The molecule has 240 valence electrons. The second-order valence-corrected chi connectivity index (χ2v) is 11.4. The van der Waals surface area contributed by atoms with Gasteiger partial charge in [-0.05, 0) is 88.5 Å². The maximum absolute atomic E-state index is 12.5. The van der Waals surface area contributed by atoms with Crippen molar-refractivity contribution >= 4 is 23.9 Å². The highest BCUT2D eigenvalue weighted by atomic mass is 16.6. The number of benzene rings is 2. The largest absolute Gasteiger partial charge is 0.462 e. The number of esters is 4. The van der Waals surface area contributed by atoms with E-state index in [-0.39, 0.29) is 23.3 Å². The number of hydrogen-bond donors (Lipinski definition) is 0. The normalized spacial score (nSPS) is 15.3. The monoisotopic (exact) mass is 608 g/mol. The fourth-order valence-corrected chi connectivity index (χ4v) is 5.25. The SMILES string of the molecule is CCCCOC(=O)c1ccccc1C(=O)OCCCC.O=C(OC1CCCCC1)c1ccccc1C(=O)OC1CCCCC1. The van der Waals surface area contributed by atoms with Crippen LogP contribution in [0.3, 0.4) is 0 Å². The molecular weight excluding hydrogens is 560 g/mol. The molecule has 4 rings (SSSR count). The first-order valence-electron chi connectivity index (χ1n) is 16.4. The van der Waals surface area contributed by atoms with Gasteiger partial charge in [-0.1, -0.05) is 63.8 Å². The molecule has 0 aliphatic heterocycles. The molecule has 44 heavy (non-hydrogen) atoms. The molecule has 0 atom stereocenters. The highest BCUT2D eigenvalue weighted by Gasteiger charge is 2.25. The van der Waals surface area contributed by atoms with Crippen LogP contribution in [0.4, 0.5) is 0 Å². The van der Waals surface area contributed by atoms with Crippen molar-refractivity contribution in [2.24, 2.45) is 0 Å². The predicted molar refractivity (Wildman–Crippen MR) is 168 cm³/mol. The highest BCUT2D eigenvalue weighted by Crippen LogP contribution is 2.24. The molecule has 0 N–H and O–H groups in total. The summed E-state index contributed by atoms with van der Waals surface area (Å²) in [6.07, 6.45) is 14.0. The summed E-state index contributed by atoms with van der Waals surface area (Å²) in [4.78, 5) is 48.9. The number of hydrogen-bond acceptors (Lipinski definition) is 8. The van der Waals surface area contributed by atoms with E-state index in [0.29, 0.717) is 24.3 Å². The average Bonchev–Trinajstić information content (AvgIpc) is 3.06. The molecule has 2 fully saturated rings. The Balaban J connectivity index is 0.000000245. The second kappa shape index (κ2) is 19.6. The summed E-state index contributed by atoms with van der Waals surface area (Å²) in [6, 6.07) is 13.4. The van der Waals surface area contributed by atoms with Gasteiger partial charge in [0.1, 0.15) is 12.2 Å². The van der Waals surface area contributed by atoms with Crippen molar-refractivity contribution in [3.63, 3.8) is 0 Å². The molecule has 8 nitrogen and oxygen atoms in total. The maximum Gasteiger partial charge on any atom is 0.339 e. The van der Waals surface area contributed by atoms with Gasteiger partial charge in [-0.25, -0.2) is 19.2 Å². The van der Waals surface area contributed by atoms with Crippen LogP contribution >= 0.6 is 0 Å². The van der Waals surface area contributed by atoms with Crippen LogP contribution in [0.1, 0.15) is 145 Å². The van der Waals surface area contributed by atoms with Gasteiger partial charge in [0.25, 0.3) is 0 Å². The molecule has 2 saturated carbocycles. The summed E-state index contributed by atoms with van der Waals surface area (Å²) in [5.41, 5.74) is 1.18. The summed E-state index contributed by atoms with van der Waals surface area (Å²) < 4.78 is 21.5. The smallest absolute Gasteiger partial charge is 0.339 e. The number of carbonyl (C=O) groups excluding carboxylic acids is 4. The van der Waals surface area contributed by atoms with Crippen LogP contribution < -0.4 is 0 Å². The van der Waals surface area contributed by atoms with Gasteiger partial charge in [0, 0.05) is 0 Å². The van der Waals surface area contributed by atoms with E-state index in [0.717, 1.165) is 77.0 Å². The lowest BCUT2D eigenvalue weighted by Crippen LogP contribution is -2.24. The quantitative estimate of drug-likeness (QED) is 0.135. The van der Waals surface area contributed by atoms with Gasteiger partial charge in [0.2, 0.25) is 0 Å². The zero-order valence-electron chi connectivity index (χ0n) is 26.4. The van der Waals surface area contributed by atoms with Gasteiger partial charge >= 0.3 is 23.9 Å². The lowest BCUT2D eigenvalue weighted by molar-refractivity contribution is 0.0164. The fraction of sp³-hybridized carbons (Fsp3) is 0.556. The molecule has 0 aromatic heterocycles. The molecule has 2 aromatic carbocycles. The van der Waals surface area contributed by atoms with Gasteiger partial charge in [0.05, 0.1) is 35.5 Å². The van der Waals surface area contributed by atoms with Crippen LogP contribution in [0.5, 0.6) is 0 Å². The van der Waals surface area contributed by atoms with Crippen molar-refractivity contribution < 1.29 is 38.1 Å². The molecule has 0 heterocycles. The van der Waals surface area contributed by atoms with Crippen LogP contribution in [0, 0.1) is 0 Å². The summed E-state index contributed by atoms with van der Waals surface area (Å²) in [7, 11) is 0. The minimum absolute atomic E-state index is 0.0197. The molecule has 0 unspecified atom stereocenters. The minimum atomic E-state index is -0.471. The summed E-state index contributed by atoms with van der Waals surface area (Å²) >= 11 is 0. The van der Waals surface area contributed by atoms with Crippen molar-refractivity contribution in [2.75, 3.05) is 13.2 Å². The van der Waals surface area contributed by atoms with Crippen LogP contribution in [0.15, 0.2) is 48.5 Å². The molecule has 2 aliphatic rings. The van der Waals surface area contributed by atoms with E-state index in [1.54, 1.807) is 48.5 Å². The van der Waals surface area contributed by atoms with E-state index in [1.165, 1.54) is 12.8 Å².